The summed E-state index contributed by atoms with van der Waals surface area (Å²) in [4.78, 5) is 20.5. The number of oxazole rings is 1. The number of aryl methyl sites for hydroxylation is 1. The zero-order valence-corrected chi connectivity index (χ0v) is 12.7. The number of aromatic nitrogens is 1. The summed E-state index contributed by atoms with van der Waals surface area (Å²) in [5.41, 5.74) is 0.864. The van der Waals surface area contributed by atoms with Crippen molar-refractivity contribution >= 4 is 5.91 Å². The average molecular weight is 313 g/mol. The zero-order chi connectivity index (χ0) is 15.7. The fourth-order valence-corrected chi connectivity index (χ4v) is 3.20. The second kappa shape index (κ2) is 5.95. The summed E-state index contributed by atoms with van der Waals surface area (Å²) in [7, 11) is 0. The normalized spacial score (nSPS) is 25.6. The van der Waals surface area contributed by atoms with E-state index in [4.69, 9.17) is 4.42 Å². The van der Waals surface area contributed by atoms with Crippen molar-refractivity contribution < 1.29 is 18.0 Å². The molecule has 3 rings (SSSR count). The van der Waals surface area contributed by atoms with E-state index in [-0.39, 0.29) is 37.8 Å². The molecule has 2 aliphatic heterocycles. The quantitative estimate of drug-likeness (QED) is 0.857. The molecular weight excluding hydrogens is 292 g/mol. The molecule has 3 heterocycles. The van der Waals surface area contributed by atoms with E-state index < -0.39 is 5.92 Å². The Hall–Kier alpha value is -1.50. The van der Waals surface area contributed by atoms with Crippen molar-refractivity contribution in [2.45, 2.75) is 38.7 Å². The highest BCUT2D eigenvalue weighted by molar-refractivity contribution is 5.79. The molecule has 0 N–H and O–H groups in total. The van der Waals surface area contributed by atoms with Crippen molar-refractivity contribution in [2.24, 2.45) is 5.92 Å². The van der Waals surface area contributed by atoms with Crippen molar-refractivity contribution in [2.75, 3.05) is 26.2 Å². The monoisotopic (exact) mass is 313 g/mol. The van der Waals surface area contributed by atoms with Gasteiger partial charge >= 0.3 is 0 Å². The standard InChI is InChI=1S/C15H21F2N3O2/c1-11-18-13(10-22-11)9-19-5-2-12(8-19)14(21)20-6-3-15(16,17)4-7-20/h10,12H,2-9H2,1H3. The molecule has 1 aromatic rings. The number of hydrogen-bond donors (Lipinski definition) is 0. The van der Waals surface area contributed by atoms with Crippen LogP contribution >= 0.6 is 0 Å². The Labute approximate surface area is 128 Å². The number of hydrogen-bond acceptors (Lipinski definition) is 4. The van der Waals surface area contributed by atoms with Crippen LogP contribution in [0.15, 0.2) is 10.7 Å². The summed E-state index contributed by atoms with van der Waals surface area (Å²) in [6, 6.07) is 0. The number of piperidine rings is 1. The molecule has 1 unspecified atom stereocenters. The first-order valence-electron chi connectivity index (χ1n) is 7.73. The predicted molar refractivity (Wildman–Crippen MR) is 75.4 cm³/mol. The van der Waals surface area contributed by atoms with Crippen LogP contribution in [0.3, 0.4) is 0 Å². The smallest absolute Gasteiger partial charge is 0.251 e. The number of carbonyl (C=O) groups is 1. The number of likely N-dealkylation sites (tertiary alicyclic amines) is 2. The highest BCUT2D eigenvalue weighted by atomic mass is 19.3. The van der Waals surface area contributed by atoms with Gasteiger partial charge in [-0.2, -0.15) is 0 Å². The lowest BCUT2D eigenvalue weighted by molar-refractivity contribution is -0.141. The Balaban J connectivity index is 1.51. The van der Waals surface area contributed by atoms with Gasteiger partial charge in [-0.1, -0.05) is 0 Å². The predicted octanol–water partition coefficient (Wildman–Crippen LogP) is 2.06. The van der Waals surface area contributed by atoms with Crippen LogP contribution in [-0.4, -0.2) is 52.8 Å². The molecule has 0 aromatic carbocycles. The molecule has 5 nitrogen and oxygen atoms in total. The van der Waals surface area contributed by atoms with Gasteiger partial charge in [0.1, 0.15) is 6.26 Å². The SMILES string of the molecule is Cc1nc(CN2CCC(C(=O)N3CCC(F)(F)CC3)C2)co1. The molecule has 1 aromatic heterocycles. The van der Waals surface area contributed by atoms with Gasteiger partial charge in [0.25, 0.3) is 5.92 Å². The van der Waals surface area contributed by atoms with Crippen LogP contribution in [0.2, 0.25) is 0 Å². The van der Waals surface area contributed by atoms with Gasteiger partial charge in [-0.05, 0) is 13.0 Å². The van der Waals surface area contributed by atoms with Crippen LogP contribution < -0.4 is 0 Å². The van der Waals surface area contributed by atoms with Crippen LogP contribution in [-0.2, 0) is 11.3 Å². The number of amides is 1. The summed E-state index contributed by atoms with van der Waals surface area (Å²) in [6.07, 6.45) is 1.99. The van der Waals surface area contributed by atoms with Gasteiger partial charge in [-0.3, -0.25) is 9.69 Å². The maximum atomic E-state index is 13.2. The molecular formula is C15H21F2N3O2. The second-order valence-corrected chi connectivity index (χ2v) is 6.26. The third kappa shape index (κ3) is 3.45. The average Bonchev–Trinajstić information content (AvgIpc) is 3.08. The molecule has 0 spiro atoms. The number of nitrogens with zero attached hydrogens (tertiary/aromatic N) is 3. The van der Waals surface area contributed by atoms with Crippen molar-refractivity contribution in [3.8, 4) is 0 Å². The fraction of sp³-hybridized carbons (Fsp3) is 0.733. The second-order valence-electron chi connectivity index (χ2n) is 6.26. The van der Waals surface area contributed by atoms with Crippen molar-refractivity contribution in [3.05, 3.63) is 17.8 Å². The molecule has 1 atom stereocenters. The van der Waals surface area contributed by atoms with Gasteiger partial charge in [-0.25, -0.2) is 13.8 Å². The molecule has 0 aliphatic carbocycles. The van der Waals surface area contributed by atoms with E-state index in [1.807, 2.05) is 0 Å². The van der Waals surface area contributed by atoms with Gasteiger partial charge in [-0.15, -0.1) is 0 Å². The van der Waals surface area contributed by atoms with Gasteiger partial charge in [0.2, 0.25) is 5.91 Å². The Morgan fingerprint density at radius 3 is 2.77 bits per heavy atom. The van der Waals surface area contributed by atoms with E-state index in [2.05, 4.69) is 9.88 Å². The molecule has 0 bridgehead atoms. The Morgan fingerprint density at radius 1 is 1.41 bits per heavy atom. The van der Waals surface area contributed by atoms with Crippen molar-refractivity contribution in [3.63, 3.8) is 0 Å². The first-order chi connectivity index (χ1) is 10.4. The van der Waals surface area contributed by atoms with Gasteiger partial charge < -0.3 is 9.32 Å². The summed E-state index contributed by atoms with van der Waals surface area (Å²) >= 11 is 0. The van der Waals surface area contributed by atoms with Crippen molar-refractivity contribution in [1.82, 2.24) is 14.8 Å². The molecule has 0 radical (unpaired) electrons. The molecule has 2 aliphatic rings. The lowest BCUT2D eigenvalue weighted by atomic mass is 10.0. The number of carbonyl (C=O) groups excluding carboxylic acids is 1. The largest absolute Gasteiger partial charge is 0.449 e. The lowest BCUT2D eigenvalue weighted by Crippen LogP contribution is -2.45. The minimum Gasteiger partial charge on any atom is -0.449 e. The fourth-order valence-electron chi connectivity index (χ4n) is 3.20. The lowest BCUT2D eigenvalue weighted by Gasteiger charge is -2.33. The Kier molecular flexibility index (Phi) is 4.16. The van der Waals surface area contributed by atoms with Gasteiger partial charge in [0.15, 0.2) is 5.89 Å². The Bertz CT molecular complexity index is 537. The first kappa shape index (κ1) is 15.4. The molecule has 2 saturated heterocycles. The highest BCUT2D eigenvalue weighted by Gasteiger charge is 2.38. The molecule has 0 saturated carbocycles. The molecule has 122 valence electrons. The summed E-state index contributed by atoms with van der Waals surface area (Å²) in [5.74, 6) is -2.03. The van der Waals surface area contributed by atoms with Crippen LogP contribution in [0.5, 0.6) is 0 Å². The van der Waals surface area contributed by atoms with Crippen LogP contribution in [0.25, 0.3) is 0 Å². The van der Waals surface area contributed by atoms with Gasteiger partial charge in [0, 0.05) is 45.9 Å². The minimum absolute atomic E-state index is 0.0225. The molecule has 2 fully saturated rings. The van der Waals surface area contributed by atoms with E-state index in [0.717, 1.165) is 18.7 Å². The number of alkyl halides is 2. The summed E-state index contributed by atoms with van der Waals surface area (Å²) < 4.78 is 31.5. The van der Waals surface area contributed by atoms with Crippen molar-refractivity contribution in [1.29, 1.82) is 0 Å². The van der Waals surface area contributed by atoms with E-state index in [1.54, 1.807) is 18.1 Å². The molecule has 1 amide bonds. The van der Waals surface area contributed by atoms with Gasteiger partial charge in [0.05, 0.1) is 11.6 Å². The van der Waals surface area contributed by atoms with E-state index >= 15 is 0 Å². The third-order valence-corrected chi connectivity index (χ3v) is 4.48. The zero-order valence-electron chi connectivity index (χ0n) is 12.7. The maximum Gasteiger partial charge on any atom is 0.251 e. The summed E-state index contributed by atoms with van der Waals surface area (Å²) in [5, 5.41) is 0. The first-order valence-corrected chi connectivity index (χ1v) is 7.73. The van der Waals surface area contributed by atoms with E-state index in [9.17, 15) is 13.6 Å². The topological polar surface area (TPSA) is 49.6 Å². The Morgan fingerprint density at radius 2 is 2.14 bits per heavy atom. The van der Waals surface area contributed by atoms with E-state index in [0.29, 0.717) is 19.0 Å². The van der Waals surface area contributed by atoms with Crippen LogP contribution in [0, 0.1) is 12.8 Å². The third-order valence-electron chi connectivity index (χ3n) is 4.48. The maximum absolute atomic E-state index is 13.2. The summed E-state index contributed by atoms with van der Waals surface area (Å²) in [6.45, 7) is 4.30. The number of halogens is 2. The minimum atomic E-state index is -2.61. The molecule has 22 heavy (non-hydrogen) atoms. The van der Waals surface area contributed by atoms with E-state index in [1.165, 1.54) is 0 Å². The van der Waals surface area contributed by atoms with Crippen LogP contribution in [0.4, 0.5) is 8.78 Å². The van der Waals surface area contributed by atoms with Crippen LogP contribution in [0.1, 0.15) is 30.8 Å². The highest BCUT2D eigenvalue weighted by Crippen LogP contribution is 2.29. The number of rotatable bonds is 3. The molecule has 7 heteroatoms.